The van der Waals surface area contributed by atoms with Crippen LogP contribution in [-0.4, -0.2) is 20.4 Å². The van der Waals surface area contributed by atoms with Crippen molar-refractivity contribution in [2.24, 2.45) is 5.10 Å². The van der Waals surface area contributed by atoms with Gasteiger partial charge in [0.2, 0.25) is 0 Å². The van der Waals surface area contributed by atoms with E-state index in [4.69, 9.17) is 0 Å². The summed E-state index contributed by atoms with van der Waals surface area (Å²) in [7, 11) is 0. The Morgan fingerprint density at radius 3 is 2.47 bits per heavy atom. The predicted octanol–water partition coefficient (Wildman–Crippen LogP) is 6.68. The minimum Gasteiger partial charge on any atom is -0.340 e. The maximum absolute atomic E-state index is 13.3. The molecule has 0 aliphatic heterocycles. The molecular weight excluding hydrogens is 556 g/mol. The number of hydrogen-bond acceptors (Lipinski definition) is 3. The molecule has 2 aromatic heterocycles. The van der Waals surface area contributed by atoms with Crippen LogP contribution in [0.5, 0.6) is 0 Å². The topological polar surface area (TPSA) is 52.2 Å². The van der Waals surface area contributed by atoms with E-state index in [1.807, 2.05) is 31.2 Å². The van der Waals surface area contributed by atoms with Gasteiger partial charge in [-0.2, -0.15) is 9.78 Å². The molecule has 7 heteroatoms. The molecule has 3 aromatic carbocycles. The van der Waals surface area contributed by atoms with E-state index in [0.29, 0.717) is 23.1 Å². The first-order chi connectivity index (χ1) is 16.5. The van der Waals surface area contributed by atoms with Gasteiger partial charge in [-0.3, -0.25) is 4.79 Å². The molecule has 0 saturated heterocycles. The van der Waals surface area contributed by atoms with E-state index in [-0.39, 0.29) is 5.56 Å². The first-order valence-corrected chi connectivity index (χ1v) is 12.6. The zero-order valence-electron chi connectivity index (χ0n) is 18.8. The molecule has 0 amide bonds. The molecule has 34 heavy (non-hydrogen) atoms. The fourth-order valence-corrected chi connectivity index (χ4v) is 4.88. The van der Waals surface area contributed by atoms with Gasteiger partial charge < -0.3 is 4.57 Å². The zero-order chi connectivity index (χ0) is 23.8. The molecule has 0 atom stereocenters. The summed E-state index contributed by atoms with van der Waals surface area (Å²) in [5.74, 6) is 0.632. The molecule has 0 aliphatic carbocycles. The standard InChI is InChI=1S/C27H22Br2N4O/c1-3-26-31-24-13-12-20(29)14-22(24)27(34)33(26)30-15-23-17(2)32(25-7-5-4-6-21(23)25)16-18-8-10-19(28)11-9-18/h4-15H,3,16H2,1-2H3. The second kappa shape index (κ2) is 9.31. The number of para-hydroxylation sites is 1. The van der Waals surface area contributed by atoms with Gasteiger partial charge in [0.25, 0.3) is 5.56 Å². The van der Waals surface area contributed by atoms with E-state index in [9.17, 15) is 4.79 Å². The smallest absolute Gasteiger partial charge is 0.282 e. The number of fused-ring (bicyclic) bond motifs is 2. The first-order valence-electron chi connectivity index (χ1n) is 11.0. The van der Waals surface area contributed by atoms with Crippen LogP contribution in [0.25, 0.3) is 21.8 Å². The summed E-state index contributed by atoms with van der Waals surface area (Å²) in [6.45, 7) is 4.83. The van der Waals surface area contributed by atoms with Crippen molar-refractivity contribution in [3.8, 4) is 0 Å². The van der Waals surface area contributed by atoms with Crippen LogP contribution in [0.15, 0.2) is 85.6 Å². The third kappa shape index (κ3) is 4.14. The van der Waals surface area contributed by atoms with Crippen LogP contribution in [0.4, 0.5) is 0 Å². The van der Waals surface area contributed by atoms with E-state index in [1.165, 1.54) is 10.2 Å². The lowest BCUT2D eigenvalue weighted by Crippen LogP contribution is -2.22. The minimum atomic E-state index is -0.171. The van der Waals surface area contributed by atoms with Crippen LogP contribution in [0.1, 0.15) is 29.6 Å². The number of hydrogen-bond donors (Lipinski definition) is 0. The average molecular weight is 578 g/mol. The second-order valence-corrected chi connectivity index (χ2v) is 9.96. The maximum atomic E-state index is 13.3. The Morgan fingerprint density at radius 2 is 1.71 bits per heavy atom. The summed E-state index contributed by atoms with van der Waals surface area (Å²) in [6, 6.07) is 22.2. The molecule has 0 fully saturated rings. The van der Waals surface area contributed by atoms with Crippen molar-refractivity contribution in [1.29, 1.82) is 0 Å². The maximum Gasteiger partial charge on any atom is 0.282 e. The highest BCUT2D eigenvalue weighted by Crippen LogP contribution is 2.26. The van der Waals surface area contributed by atoms with Crippen LogP contribution in [0, 0.1) is 6.92 Å². The van der Waals surface area contributed by atoms with E-state index in [2.05, 4.69) is 89.8 Å². The molecule has 5 rings (SSSR count). The van der Waals surface area contributed by atoms with E-state index >= 15 is 0 Å². The number of nitrogens with zero attached hydrogens (tertiary/aromatic N) is 4. The lowest BCUT2D eigenvalue weighted by molar-refractivity contribution is 0.734. The van der Waals surface area contributed by atoms with Gasteiger partial charge in [0.15, 0.2) is 0 Å². The molecule has 5 aromatic rings. The summed E-state index contributed by atoms with van der Waals surface area (Å²) in [5.41, 5.74) is 4.94. The van der Waals surface area contributed by atoms with Gasteiger partial charge >= 0.3 is 0 Å². The van der Waals surface area contributed by atoms with Crippen LogP contribution in [0.3, 0.4) is 0 Å². The van der Waals surface area contributed by atoms with Gasteiger partial charge in [0.05, 0.1) is 17.1 Å². The Morgan fingerprint density at radius 1 is 0.971 bits per heavy atom. The number of rotatable bonds is 5. The first kappa shape index (κ1) is 22.7. The Bertz CT molecular complexity index is 1610. The van der Waals surface area contributed by atoms with Crippen molar-refractivity contribution in [1.82, 2.24) is 14.2 Å². The Labute approximate surface area is 214 Å². The number of aromatic nitrogens is 3. The summed E-state index contributed by atoms with van der Waals surface area (Å²) in [6.07, 6.45) is 2.39. The van der Waals surface area contributed by atoms with E-state index in [1.54, 1.807) is 12.3 Å². The second-order valence-electron chi connectivity index (χ2n) is 8.13. The van der Waals surface area contributed by atoms with Crippen molar-refractivity contribution in [2.75, 3.05) is 0 Å². The summed E-state index contributed by atoms with van der Waals surface area (Å²) >= 11 is 6.96. The molecule has 170 valence electrons. The van der Waals surface area contributed by atoms with Crippen molar-refractivity contribution in [3.63, 3.8) is 0 Å². The SMILES string of the molecule is CCc1nc2ccc(Br)cc2c(=O)n1N=Cc1c(C)n(Cc2ccc(Br)cc2)c2ccccc12. The largest absolute Gasteiger partial charge is 0.340 e. The molecule has 0 radical (unpaired) electrons. The molecule has 0 unspecified atom stereocenters. The summed E-state index contributed by atoms with van der Waals surface area (Å²) < 4.78 is 5.62. The Balaban J connectivity index is 1.64. The normalized spacial score (nSPS) is 11.8. The van der Waals surface area contributed by atoms with Gasteiger partial charge in [-0.05, 0) is 48.9 Å². The highest BCUT2D eigenvalue weighted by molar-refractivity contribution is 9.10. The predicted molar refractivity (Wildman–Crippen MR) is 146 cm³/mol. The number of benzene rings is 3. The fraction of sp³-hybridized carbons (Fsp3) is 0.148. The lowest BCUT2D eigenvalue weighted by Gasteiger charge is -2.09. The summed E-state index contributed by atoms with van der Waals surface area (Å²) in [4.78, 5) is 18.0. The van der Waals surface area contributed by atoms with Gasteiger partial charge in [-0.15, -0.1) is 0 Å². The Hall–Kier alpha value is -3.03. The van der Waals surface area contributed by atoms with Gasteiger partial charge in [0.1, 0.15) is 5.82 Å². The molecule has 0 bridgehead atoms. The summed E-state index contributed by atoms with van der Waals surface area (Å²) in [5, 5.41) is 6.29. The Kier molecular flexibility index (Phi) is 6.23. The lowest BCUT2D eigenvalue weighted by atomic mass is 10.1. The molecule has 0 N–H and O–H groups in total. The van der Waals surface area contributed by atoms with Crippen molar-refractivity contribution >= 4 is 59.9 Å². The van der Waals surface area contributed by atoms with Crippen molar-refractivity contribution in [2.45, 2.75) is 26.8 Å². The van der Waals surface area contributed by atoms with Crippen molar-refractivity contribution in [3.05, 3.63) is 109 Å². The van der Waals surface area contributed by atoms with Crippen molar-refractivity contribution < 1.29 is 0 Å². The van der Waals surface area contributed by atoms with Crippen LogP contribution in [0.2, 0.25) is 0 Å². The van der Waals surface area contributed by atoms with Crippen LogP contribution >= 0.6 is 31.9 Å². The number of aryl methyl sites for hydroxylation is 1. The van der Waals surface area contributed by atoms with Gasteiger partial charge in [-0.1, -0.05) is 69.1 Å². The molecule has 2 heterocycles. The third-order valence-corrected chi connectivity index (χ3v) is 7.05. The quantitative estimate of drug-likeness (QED) is 0.219. The monoisotopic (exact) mass is 576 g/mol. The molecule has 0 spiro atoms. The van der Waals surface area contributed by atoms with E-state index in [0.717, 1.165) is 37.7 Å². The van der Waals surface area contributed by atoms with Gasteiger partial charge in [-0.25, -0.2) is 4.98 Å². The molecule has 0 aliphatic rings. The zero-order valence-corrected chi connectivity index (χ0v) is 22.0. The van der Waals surface area contributed by atoms with Crippen LogP contribution in [-0.2, 0) is 13.0 Å². The number of halogens is 2. The highest BCUT2D eigenvalue weighted by Gasteiger charge is 2.14. The fourth-order valence-electron chi connectivity index (χ4n) is 4.25. The molecule has 0 saturated carbocycles. The minimum absolute atomic E-state index is 0.171. The van der Waals surface area contributed by atoms with Crippen LogP contribution < -0.4 is 5.56 Å². The van der Waals surface area contributed by atoms with Gasteiger partial charge in [0, 0.05) is 44.1 Å². The highest BCUT2D eigenvalue weighted by atomic mass is 79.9. The van der Waals surface area contributed by atoms with E-state index < -0.39 is 0 Å². The molecular formula is C27H22Br2N4O. The molecule has 5 nitrogen and oxygen atoms in total. The third-order valence-electron chi connectivity index (χ3n) is 6.03. The average Bonchev–Trinajstić information content (AvgIpc) is 3.11.